The van der Waals surface area contributed by atoms with Gasteiger partial charge < -0.3 is 0 Å². The number of nitrogens with one attached hydrogen (secondary N) is 1. The summed E-state index contributed by atoms with van der Waals surface area (Å²) in [5, 5.41) is 16.3. The SMILES string of the molecule is Cc1cccc(N/N=C(/C#N)c2nc(-c3ccc(-c4ccccc4)cc3)cs2)c1. The van der Waals surface area contributed by atoms with Gasteiger partial charge in [-0.1, -0.05) is 66.7 Å². The summed E-state index contributed by atoms with van der Waals surface area (Å²) in [4.78, 5) is 4.61. The van der Waals surface area contributed by atoms with E-state index in [0.717, 1.165) is 28.1 Å². The molecule has 4 nitrogen and oxygen atoms in total. The van der Waals surface area contributed by atoms with E-state index in [1.807, 2.05) is 54.8 Å². The van der Waals surface area contributed by atoms with Crippen molar-refractivity contribution in [1.82, 2.24) is 4.98 Å². The van der Waals surface area contributed by atoms with Gasteiger partial charge in [-0.15, -0.1) is 11.3 Å². The van der Waals surface area contributed by atoms with Crippen LogP contribution in [0.5, 0.6) is 0 Å². The van der Waals surface area contributed by atoms with Gasteiger partial charge in [0.2, 0.25) is 0 Å². The van der Waals surface area contributed by atoms with Crippen molar-refractivity contribution in [3.63, 3.8) is 0 Å². The Bertz CT molecular complexity index is 1190. The van der Waals surface area contributed by atoms with Crippen LogP contribution in [0.4, 0.5) is 5.69 Å². The number of benzene rings is 3. The van der Waals surface area contributed by atoms with Gasteiger partial charge in [-0.25, -0.2) is 4.98 Å². The highest BCUT2D eigenvalue weighted by Gasteiger charge is 2.11. The average molecular weight is 395 g/mol. The molecule has 0 fully saturated rings. The van der Waals surface area contributed by atoms with E-state index in [2.05, 4.69) is 58.0 Å². The molecule has 4 aromatic rings. The first-order chi connectivity index (χ1) is 14.2. The number of rotatable bonds is 5. The van der Waals surface area contributed by atoms with Gasteiger partial charge in [0.05, 0.1) is 11.4 Å². The minimum Gasteiger partial charge on any atom is -0.277 e. The molecule has 0 aliphatic rings. The zero-order valence-electron chi connectivity index (χ0n) is 15.8. The molecule has 1 N–H and O–H groups in total. The Labute approximate surface area is 173 Å². The molecule has 3 aromatic carbocycles. The van der Waals surface area contributed by atoms with Crippen LogP contribution < -0.4 is 5.43 Å². The van der Waals surface area contributed by atoms with E-state index >= 15 is 0 Å². The number of nitrogens with zero attached hydrogens (tertiary/aromatic N) is 3. The smallest absolute Gasteiger partial charge is 0.196 e. The molecule has 0 unspecified atom stereocenters. The van der Waals surface area contributed by atoms with Crippen LogP contribution in [0.15, 0.2) is 89.3 Å². The Hall–Kier alpha value is -3.75. The van der Waals surface area contributed by atoms with E-state index in [4.69, 9.17) is 0 Å². The zero-order valence-corrected chi connectivity index (χ0v) is 16.6. The van der Waals surface area contributed by atoms with Crippen molar-refractivity contribution in [1.29, 1.82) is 5.26 Å². The molecule has 0 radical (unpaired) electrons. The van der Waals surface area contributed by atoms with Crippen molar-refractivity contribution in [3.05, 3.63) is 94.8 Å². The summed E-state index contributed by atoms with van der Waals surface area (Å²) in [6.07, 6.45) is 0. The number of aromatic nitrogens is 1. The molecule has 140 valence electrons. The van der Waals surface area contributed by atoms with Gasteiger partial charge in [0.15, 0.2) is 10.7 Å². The van der Waals surface area contributed by atoms with Crippen molar-refractivity contribution in [2.45, 2.75) is 6.92 Å². The van der Waals surface area contributed by atoms with Crippen LogP contribution in [0.1, 0.15) is 10.6 Å². The van der Waals surface area contributed by atoms with Crippen molar-refractivity contribution < 1.29 is 0 Å². The molecular formula is C24H18N4S. The monoisotopic (exact) mass is 394 g/mol. The fraction of sp³-hybridized carbons (Fsp3) is 0.0417. The van der Waals surface area contributed by atoms with E-state index in [1.54, 1.807) is 0 Å². The van der Waals surface area contributed by atoms with Crippen molar-refractivity contribution in [3.8, 4) is 28.5 Å². The van der Waals surface area contributed by atoms with Crippen LogP contribution in [0.2, 0.25) is 0 Å². The van der Waals surface area contributed by atoms with Crippen molar-refractivity contribution >= 4 is 22.7 Å². The van der Waals surface area contributed by atoms with E-state index in [0.29, 0.717) is 5.01 Å². The van der Waals surface area contributed by atoms with E-state index in [9.17, 15) is 5.26 Å². The fourth-order valence-corrected chi connectivity index (χ4v) is 3.70. The van der Waals surface area contributed by atoms with Crippen molar-refractivity contribution in [2.75, 3.05) is 5.43 Å². The largest absolute Gasteiger partial charge is 0.277 e. The Morgan fingerprint density at radius 2 is 1.66 bits per heavy atom. The van der Waals surface area contributed by atoms with Gasteiger partial charge in [0.1, 0.15) is 6.07 Å². The van der Waals surface area contributed by atoms with Crippen LogP contribution in [-0.2, 0) is 0 Å². The molecule has 0 amide bonds. The van der Waals surface area contributed by atoms with Crippen LogP contribution in [0.25, 0.3) is 22.4 Å². The lowest BCUT2D eigenvalue weighted by Gasteiger charge is -2.03. The lowest BCUT2D eigenvalue weighted by Crippen LogP contribution is -2.01. The molecule has 29 heavy (non-hydrogen) atoms. The average Bonchev–Trinajstić information content (AvgIpc) is 3.25. The fourth-order valence-electron chi connectivity index (χ4n) is 2.93. The Morgan fingerprint density at radius 3 is 2.38 bits per heavy atom. The topological polar surface area (TPSA) is 61.1 Å². The highest BCUT2D eigenvalue weighted by Crippen LogP contribution is 2.26. The quantitative estimate of drug-likeness (QED) is 0.327. The summed E-state index contributed by atoms with van der Waals surface area (Å²) >= 11 is 1.41. The van der Waals surface area contributed by atoms with Gasteiger partial charge in [0, 0.05) is 10.9 Å². The van der Waals surface area contributed by atoms with Gasteiger partial charge in [-0.05, 0) is 35.7 Å². The van der Waals surface area contributed by atoms with Gasteiger partial charge in [-0.3, -0.25) is 5.43 Å². The van der Waals surface area contributed by atoms with Gasteiger partial charge >= 0.3 is 0 Å². The van der Waals surface area contributed by atoms with Crippen LogP contribution >= 0.6 is 11.3 Å². The lowest BCUT2D eigenvalue weighted by molar-refractivity contribution is 1.30. The zero-order chi connectivity index (χ0) is 20.1. The third-order valence-electron chi connectivity index (χ3n) is 4.42. The number of hydrogen-bond donors (Lipinski definition) is 1. The normalized spacial score (nSPS) is 11.1. The summed E-state index contributed by atoms with van der Waals surface area (Å²) < 4.78 is 0. The predicted molar refractivity (Wildman–Crippen MR) is 120 cm³/mol. The van der Waals surface area contributed by atoms with E-state index in [1.165, 1.54) is 16.9 Å². The maximum Gasteiger partial charge on any atom is 0.196 e. The molecular weight excluding hydrogens is 376 g/mol. The second kappa shape index (κ2) is 8.51. The summed E-state index contributed by atoms with van der Waals surface area (Å²) in [7, 11) is 0. The summed E-state index contributed by atoms with van der Waals surface area (Å²) in [6.45, 7) is 2.01. The highest BCUT2D eigenvalue weighted by atomic mass is 32.1. The summed E-state index contributed by atoms with van der Waals surface area (Å²) in [6, 6.07) is 28.5. The highest BCUT2D eigenvalue weighted by molar-refractivity contribution is 7.12. The molecule has 0 saturated heterocycles. The first-order valence-corrected chi connectivity index (χ1v) is 10.0. The maximum absolute atomic E-state index is 9.50. The number of nitriles is 1. The van der Waals surface area contributed by atoms with Gasteiger partial charge in [0.25, 0.3) is 0 Å². The van der Waals surface area contributed by atoms with Crippen LogP contribution in [0.3, 0.4) is 0 Å². The van der Waals surface area contributed by atoms with Crippen molar-refractivity contribution in [2.24, 2.45) is 5.10 Å². The second-order valence-corrected chi connectivity index (χ2v) is 7.39. The lowest BCUT2D eigenvalue weighted by atomic mass is 10.0. The van der Waals surface area contributed by atoms with Crippen LogP contribution in [0, 0.1) is 18.3 Å². The molecule has 0 bridgehead atoms. The summed E-state index contributed by atoms with van der Waals surface area (Å²) in [5.74, 6) is 0. The molecule has 0 aliphatic heterocycles. The second-order valence-electron chi connectivity index (χ2n) is 6.53. The van der Waals surface area contributed by atoms with Crippen LogP contribution in [-0.4, -0.2) is 10.7 Å². The molecule has 1 heterocycles. The number of hydrazone groups is 1. The van der Waals surface area contributed by atoms with Gasteiger partial charge in [-0.2, -0.15) is 10.4 Å². The van der Waals surface area contributed by atoms with E-state index in [-0.39, 0.29) is 5.71 Å². The minimum absolute atomic E-state index is 0.267. The molecule has 0 atom stereocenters. The molecule has 4 rings (SSSR count). The van der Waals surface area contributed by atoms with E-state index < -0.39 is 0 Å². The third kappa shape index (κ3) is 4.40. The third-order valence-corrected chi connectivity index (χ3v) is 5.26. The Balaban J connectivity index is 1.54. The molecule has 1 aromatic heterocycles. The predicted octanol–water partition coefficient (Wildman–Crippen LogP) is 6.13. The number of hydrogen-bond acceptors (Lipinski definition) is 5. The molecule has 0 saturated carbocycles. The summed E-state index contributed by atoms with van der Waals surface area (Å²) in [5.41, 5.74) is 9.36. The number of thiazole rings is 1. The minimum atomic E-state index is 0.267. The number of aryl methyl sites for hydroxylation is 1. The molecule has 5 heteroatoms. The Morgan fingerprint density at radius 1 is 0.931 bits per heavy atom. The number of anilines is 1. The molecule has 0 aliphatic carbocycles. The Kier molecular flexibility index (Phi) is 5.46. The standard InChI is InChI=1S/C24H18N4S/c1-17-6-5-9-21(14-17)27-28-22(15-25)24-26-23(16-29-24)20-12-10-19(11-13-20)18-7-3-2-4-8-18/h2-14,16,27H,1H3/b28-22-. The first kappa shape index (κ1) is 18.6. The first-order valence-electron chi connectivity index (χ1n) is 9.15. The maximum atomic E-state index is 9.50. The molecule has 0 spiro atoms.